The number of benzene rings is 1. The summed E-state index contributed by atoms with van der Waals surface area (Å²) in [7, 11) is 1.72. The molecule has 0 saturated heterocycles. The first-order valence-corrected chi connectivity index (χ1v) is 8.42. The third-order valence-corrected chi connectivity index (χ3v) is 3.40. The van der Waals surface area contributed by atoms with Crippen molar-refractivity contribution < 1.29 is 4.74 Å². The number of methoxy groups -OCH3 is 1. The number of aliphatic imine (C=N–C) groups is 1. The Kier molecular flexibility index (Phi) is 15.5. The van der Waals surface area contributed by atoms with Crippen LogP contribution in [-0.4, -0.2) is 39.3 Å². The van der Waals surface area contributed by atoms with Gasteiger partial charge in [0.15, 0.2) is 5.96 Å². The minimum absolute atomic E-state index is 0. The monoisotopic (exact) mass is 433 g/mol. The molecule has 0 aliphatic heterocycles. The SMILES string of the molecule is CCNC(=NCCCOC)NCCCCCc1ccccc1.I. The van der Waals surface area contributed by atoms with E-state index in [9.17, 15) is 0 Å². The number of aryl methyl sites for hydroxylation is 1. The number of nitrogens with zero attached hydrogens (tertiary/aromatic N) is 1. The Hall–Kier alpha value is -0.820. The molecule has 4 nitrogen and oxygen atoms in total. The van der Waals surface area contributed by atoms with Crippen LogP contribution < -0.4 is 10.6 Å². The fourth-order valence-electron chi connectivity index (χ4n) is 2.22. The van der Waals surface area contributed by atoms with Gasteiger partial charge >= 0.3 is 0 Å². The zero-order chi connectivity index (χ0) is 15.9. The molecule has 2 N–H and O–H groups in total. The molecule has 0 atom stereocenters. The highest BCUT2D eigenvalue weighted by Gasteiger charge is 1.97. The van der Waals surface area contributed by atoms with Gasteiger partial charge in [-0.05, 0) is 38.2 Å². The van der Waals surface area contributed by atoms with E-state index in [0.717, 1.165) is 38.6 Å². The number of guanidine groups is 1. The first-order chi connectivity index (χ1) is 10.9. The van der Waals surface area contributed by atoms with Gasteiger partial charge in [0.05, 0.1) is 0 Å². The molecule has 1 aromatic carbocycles. The number of unbranched alkanes of at least 4 members (excludes halogenated alkanes) is 2. The molecule has 0 saturated carbocycles. The van der Waals surface area contributed by atoms with Gasteiger partial charge in [0.25, 0.3) is 0 Å². The van der Waals surface area contributed by atoms with Gasteiger partial charge in [0.2, 0.25) is 0 Å². The minimum atomic E-state index is 0. The van der Waals surface area contributed by atoms with E-state index in [1.807, 2.05) is 0 Å². The molecule has 1 aromatic rings. The van der Waals surface area contributed by atoms with Crippen molar-refractivity contribution >= 4 is 29.9 Å². The summed E-state index contributed by atoms with van der Waals surface area (Å²) in [4.78, 5) is 4.53. The van der Waals surface area contributed by atoms with E-state index >= 15 is 0 Å². The third kappa shape index (κ3) is 12.3. The minimum Gasteiger partial charge on any atom is -0.385 e. The number of halogens is 1. The second kappa shape index (κ2) is 16.1. The third-order valence-electron chi connectivity index (χ3n) is 3.40. The molecule has 0 fully saturated rings. The predicted molar refractivity (Wildman–Crippen MR) is 110 cm³/mol. The van der Waals surface area contributed by atoms with Gasteiger partial charge in [-0.2, -0.15) is 0 Å². The molecule has 0 heterocycles. The topological polar surface area (TPSA) is 45.7 Å². The van der Waals surface area contributed by atoms with Crippen LogP contribution in [0.25, 0.3) is 0 Å². The molecule has 5 heteroatoms. The van der Waals surface area contributed by atoms with Gasteiger partial charge in [-0.15, -0.1) is 24.0 Å². The molecule has 0 bridgehead atoms. The van der Waals surface area contributed by atoms with E-state index in [4.69, 9.17) is 4.74 Å². The number of ether oxygens (including phenoxy) is 1. The van der Waals surface area contributed by atoms with Crippen LogP contribution in [-0.2, 0) is 11.2 Å². The average molecular weight is 433 g/mol. The molecule has 0 amide bonds. The van der Waals surface area contributed by atoms with Crippen LogP contribution in [0.3, 0.4) is 0 Å². The van der Waals surface area contributed by atoms with Crippen molar-refractivity contribution in [3.63, 3.8) is 0 Å². The maximum atomic E-state index is 5.04. The Bertz CT molecular complexity index is 399. The lowest BCUT2D eigenvalue weighted by Crippen LogP contribution is -2.37. The van der Waals surface area contributed by atoms with E-state index in [-0.39, 0.29) is 24.0 Å². The van der Waals surface area contributed by atoms with Crippen molar-refractivity contribution in [2.75, 3.05) is 33.4 Å². The summed E-state index contributed by atoms with van der Waals surface area (Å²) in [6.45, 7) is 5.53. The second-order valence-electron chi connectivity index (χ2n) is 5.33. The van der Waals surface area contributed by atoms with E-state index in [1.165, 1.54) is 31.2 Å². The van der Waals surface area contributed by atoms with E-state index < -0.39 is 0 Å². The first-order valence-electron chi connectivity index (χ1n) is 8.42. The molecule has 23 heavy (non-hydrogen) atoms. The molecule has 132 valence electrons. The van der Waals surface area contributed by atoms with Crippen LogP contribution in [0.5, 0.6) is 0 Å². The molecule has 0 aromatic heterocycles. The molecular weight excluding hydrogens is 401 g/mol. The zero-order valence-corrected chi connectivity index (χ0v) is 16.8. The highest BCUT2D eigenvalue weighted by molar-refractivity contribution is 14.0. The second-order valence-corrected chi connectivity index (χ2v) is 5.33. The van der Waals surface area contributed by atoms with Crippen LogP contribution in [0, 0.1) is 0 Å². The molecule has 0 spiro atoms. The number of nitrogens with one attached hydrogen (secondary N) is 2. The standard InChI is InChI=1S/C18H31N3O.HI/c1-3-19-18(21-15-10-16-22-2)20-14-9-5-8-13-17-11-6-4-7-12-17;/h4,6-7,11-12H,3,5,8-10,13-16H2,1-2H3,(H2,19,20,21);1H. The highest BCUT2D eigenvalue weighted by atomic mass is 127. The maximum Gasteiger partial charge on any atom is 0.191 e. The van der Waals surface area contributed by atoms with Gasteiger partial charge < -0.3 is 15.4 Å². The highest BCUT2D eigenvalue weighted by Crippen LogP contribution is 2.05. The van der Waals surface area contributed by atoms with Crippen molar-refractivity contribution in [2.24, 2.45) is 4.99 Å². The molecule has 0 aliphatic rings. The summed E-state index contributed by atoms with van der Waals surface area (Å²) in [5, 5.41) is 6.67. The first kappa shape index (κ1) is 22.2. The van der Waals surface area contributed by atoms with E-state index in [0.29, 0.717) is 0 Å². The lowest BCUT2D eigenvalue weighted by Gasteiger charge is -2.11. The quantitative estimate of drug-likeness (QED) is 0.243. The molecule has 0 aliphatic carbocycles. The van der Waals surface area contributed by atoms with Crippen molar-refractivity contribution in [1.82, 2.24) is 10.6 Å². The largest absolute Gasteiger partial charge is 0.385 e. The van der Waals surface area contributed by atoms with Crippen molar-refractivity contribution in [2.45, 2.75) is 39.0 Å². The van der Waals surface area contributed by atoms with E-state index in [1.54, 1.807) is 7.11 Å². The van der Waals surface area contributed by atoms with Crippen LogP contribution in [0.2, 0.25) is 0 Å². The lowest BCUT2D eigenvalue weighted by molar-refractivity contribution is 0.197. The van der Waals surface area contributed by atoms with Gasteiger partial charge in [0, 0.05) is 33.4 Å². The Morgan fingerprint density at radius 3 is 2.52 bits per heavy atom. The van der Waals surface area contributed by atoms with Crippen LogP contribution in [0.15, 0.2) is 35.3 Å². The van der Waals surface area contributed by atoms with Gasteiger partial charge in [0.1, 0.15) is 0 Å². The van der Waals surface area contributed by atoms with Crippen molar-refractivity contribution in [3.8, 4) is 0 Å². The van der Waals surface area contributed by atoms with Gasteiger partial charge in [-0.3, -0.25) is 4.99 Å². The van der Waals surface area contributed by atoms with Crippen LogP contribution >= 0.6 is 24.0 Å². The molecule has 0 radical (unpaired) electrons. The average Bonchev–Trinajstić information content (AvgIpc) is 2.55. The fourth-order valence-corrected chi connectivity index (χ4v) is 2.22. The fraction of sp³-hybridized carbons (Fsp3) is 0.611. The molecule has 1 rings (SSSR count). The van der Waals surface area contributed by atoms with Crippen LogP contribution in [0.1, 0.15) is 38.2 Å². The normalized spacial score (nSPS) is 11.0. The Labute approximate surface area is 158 Å². The molecule has 0 unspecified atom stereocenters. The summed E-state index contributed by atoms with van der Waals surface area (Å²) >= 11 is 0. The van der Waals surface area contributed by atoms with Crippen molar-refractivity contribution in [1.29, 1.82) is 0 Å². The van der Waals surface area contributed by atoms with Gasteiger partial charge in [-0.25, -0.2) is 0 Å². The predicted octanol–water partition coefficient (Wildman–Crippen LogP) is 3.61. The number of hydrogen-bond donors (Lipinski definition) is 2. The summed E-state index contributed by atoms with van der Waals surface area (Å²) in [6, 6.07) is 10.7. The van der Waals surface area contributed by atoms with Crippen LogP contribution in [0.4, 0.5) is 0 Å². The summed E-state index contributed by atoms with van der Waals surface area (Å²) in [5.41, 5.74) is 1.43. The van der Waals surface area contributed by atoms with Gasteiger partial charge in [-0.1, -0.05) is 36.8 Å². The molecular formula is C18H32IN3O. The lowest BCUT2D eigenvalue weighted by atomic mass is 10.1. The number of hydrogen-bond acceptors (Lipinski definition) is 2. The zero-order valence-electron chi connectivity index (χ0n) is 14.5. The maximum absolute atomic E-state index is 5.04. The Balaban J connectivity index is 0.00000484. The summed E-state index contributed by atoms with van der Waals surface area (Å²) in [5.74, 6) is 0.918. The summed E-state index contributed by atoms with van der Waals surface area (Å²) in [6.07, 6.45) is 5.80. The number of rotatable bonds is 11. The summed E-state index contributed by atoms with van der Waals surface area (Å²) < 4.78 is 5.04. The van der Waals surface area contributed by atoms with Crippen molar-refractivity contribution in [3.05, 3.63) is 35.9 Å². The smallest absolute Gasteiger partial charge is 0.191 e. The van der Waals surface area contributed by atoms with E-state index in [2.05, 4.69) is 52.9 Å². The Morgan fingerprint density at radius 2 is 1.83 bits per heavy atom. The Morgan fingerprint density at radius 1 is 1.04 bits per heavy atom.